The number of benzene rings is 1. The minimum Gasteiger partial charge on any atom is -0.479 e. The summed E-state index contributed by atoms with van der Waals surface area (Å²) in [6.07, 6.45) is 1.44. The lowest BCUT2D eigenvalue weighted by Gasteiger charge is -2.26. The van der Waals surface area contributed by atoms with Crippen LogP contribution in [0.2, 0.25) is 0 Å². The summed E-state index contributed by atoms with van der Waals surface area (Å²) in [6, 6.07) is 3.05. The number of aromatic amines is 1. The summed E-state index contributed by atoms with van der Waals surface area (Å²) in [7, 11) is 0. The van der Waals surface area contributed by atoms with Crippen LogP contribution in [0.4, 0.5) is 5.69 Å². The van der Waals surface area contributed by atoms with Crippen LogP contribution in [0.1, 0.15) is 0 Å². The third-order valence-electron chi connectivity index (χ3n) is 2.62. The van der Waals surface area contributed by atoms with Gasteiger partial charge in [0, 0.05) is 17.5 Å². The van der Waals surface area contributed by atoms with Gasteiger partial charge in [-0.3, -0.25) is 15.2 Å². The molecule has 0 aliphatic carbocycles. The minimum absolute atomic E-state index is 0.0502. The Labute approximate surface area is 95.5 Å². The number of nitro groups is 1. The molecule has 1 saturated heterocycles. The molecule has 17 heavy (non-hydrogen) atoms. The van der Waals surface area contributed by atoms with Crippen molar-refractivity contribution < 1.29 is 14.4 Å². The largest absolute Gasteiger partial charge is 0.479 e. The fraction of sp³-hybridized carbons (Fsp3) is 0.300. The van der Waals surface area contributed by atoms with Gasteiger partial charge in [-0.25, -0.2) is 0 Å². The van der Waals surface area contributed by atoms with E-state index in [1.807, 2.05) is 0 Å². The summed E-state index contributed by atoms with van der Waals surface area (Å²) in [5, 5.41) is 18.2. The van der Waals surface area contributed by atoms with Gasteiger partial charge in [0.05, 0.1) is 29.9 Å². The number of hydrogen-bond donors (Lipinski definition) is 1. The molecule has 0 atom stereocenters. The van der Waals surface area contributed by atoms with Crippen molar-refractivity contribution in [3.63, 3.8) is 0 Å². The average Bonchev–Trinajstić information content (AvgIpc) is 2.68. The Morgan fingerprint density at radius 2 is 2.35 bits per heavy atom. The highest BCUT2D eigenvalue weighted by molar-refractivity contribution is 5.83. The second-order valence-electron chi connectivity index (χ2n) is 3.81. The topological polar surface area (TPSA) is 90.3 Å². The third-order valence-corrected chi connectivity index (χ3v) is 2.62. The number of nitrogens with one attached hydrogen (secondary N) is 1. The third kappa shape index (κ3) is 1.70. The zero-order chi connectivity index (χ0) is 11.8. The smallest absolute Gasteiger partial charge is 0.311 e. The van der Waals surface area contributed by atoms with Crippen LogP contribution >= 0.6 is 0 Å². The van der Waals surface area contributed by atoms with E-state index in [2.05, 4.69) is 10.2 Å². The molecule has 88 valence electrons. The number of fused-ring (bicyclic) bond motifs is 1. The van der Waals surface area contributed by atoms with Crippen molar-refractivity contribution in [2.45, 2.75) is 6.10 Å². The van der Waals surface area contributed by atoms with E-state index in [1.165, 1.54) is 6.07 Å². The molecule has 2 heterocycles. The Bertz CT molecular complexity index is 576. The number of nitro benzene ring substituents is 1. The van der Waals surface area contributed by atoms with Crippen molar-refractivity contribution in [2.24, 2.45) is 0 Å². The SMILES string of the molecule is O=[N+]([O-])c1cc2cn[nH]c2cc1OC1COC1. The first-order valence-electron chi connectivity index (χ1n) is 5.10. The summed E-state index contributed by atoms with van der Waals surface area (Å²) in [5.41, 5.74) is 0.664. The van der Waals surface area contributed by atoms with Gasteiger partial charge in [0.1, 0.15) is 6.10 Å². The number of nitrogens with zero attached hydrogens (tertiary/aromatic N) is 2. The molecule has 1 aliphatic heterocycles. The number of hydrogen-bond acceptors (Lipinski definition) is 5. The first-order chi connectivity index (χ1) is 8.24. The molecule has 1 aliphatic rings. The molecule has 7 nitrogen and oxygen atoms in total. The van der Waals surface area contributed by atoms with Gasteiger partial charge < -0.3 is 9.47 Å². The zero-order valence-electron chi connectivity index (χ0n) is 8.75. The van der Waals surface area contributed by atoms with E-state index < -0.39 is 4.92 Å². The van der Waals surface area contributed by atoms with Crippen LogP contribution in [0.15, 0.2) is 18.3 Å². The van der Waals surface area contributed by atoms with Crippen molar-refractivity contribution in [1.82, 2.24) is 10.2 Å². The van der Waals surface area contributed by atoms with Crippen LogP contribution in [0.25, 0.3) is 10.9 Å². The molecule has 2 aromatic rings. The van der Waals surface area contributed by atoms with Crippen molar-refractivity contribution in [3.8, 4) is 5.75 Å². The van der Waals surface area contributed by atoms with E-state index in [0.717, 1.165) is 0 Å². The van der Waals surface area contributed by atoms with Gasteiger partial charge in [0.25, 0.3) is 0 Å². The number of aromatic nitrogens is 2. The van der Waals surface area contributed by atoms with Crippen LogP contribution in [0, 0.1) is 10.1 Å². The van der Waals surface area contributed by atoms with Gasteiger partial charge >= 0.3 is 5.69 Å². The summed E-state index contributed by atoms with van der Waals surface area (Å²) in [6.45, 7) is 0.941. The van der Waals surface area contributed by atoms with E-state index in [1.54, 1.807) is 12.3 Å². The Hall–Kier alpha value is -2.15. The maximum absolute atomic E-state index is 10.9. The normalized spacial score (nSPS) is 15.8. The molecule has 0 unspecified atom stereocenters. The maximum Gasteiger partial charge on any atom is 0.311 e. The molecule has 1 aromatic carbocycles. The Morgan fingerprint density at radius 1 is 1.53 bits per heavy atom. The first kappa shape index (κ1) is 10.0. The quantitative estimate of drug-likeness (QED) is 0.638. The Morgan fingerprint density at radius 3 is 3.00 bits per heavy atom. The van der Waals surface area contributed by atoms with Gasteiger partial charge in [-0.15, -0.1) is 0 Å². The van der Waals surface area contributed by atoms with Crippen LogP contribution in [-0.4, -0.2) is 34.4 Å². The number of rotatable bonds is 3. The van der Waals surface area contributed by atoms with Crippen molar-refractivity contribution >= 4 is 16.6 Å². The molecule has 0 amide bonds. The number of ether oxygens (including phenoxy) is 2. The summed E-state index contributed by atoms with van der Waals surface area (Å²) < 4.78 is 10.5. The monoisotopic (exact) mass is 235 g/mol. The van der Waals surface area contributed by atoms with Crippen LogP contribution in [0.5, 0.6) is 5.75 Å². The fourth-order valence-electron chi connectivity index (χ4n) is 1.66. The number of H-pyrrole nitrogens is 1. The predicted molar refractivity (Wildman–Crippen MR) is 58.0 cm³/mol. The molecule has 0 saturated carbocycles. The van der Waals surface area contributed by atoms with Gasteiger partial charge in [-0.2, -0.15) is 5.10 Å². The highest BCUT2D eigenvalue weighted by Gasteiger charge is 2.25. The Kier molecular flexibility index (Phi) is 2.19. The van der Waals surface area contributed by atoms with Crippen LogP contribution in [-0.2, 0) is 4.74 Å². The molecule has 0 radical (unpaired) electrons. The summed E-state index contributed by atoms with van der Waals surface area (Å²) in [5.74, 6) is 0.250. The van der Waals surface area contributed by atoms with E-state index in [9.17, 15) is 10.1 Å². The van der Waals surface area contributed by atoms with Crippen LogP contribution in [0.3, 0.4) is 0 Å². The second kappa shape index (κ2) is 3.70. The lowest BCUT2D eigenvalue weighted by atomic mass is 10.2. The van der Waals surface area contributed by atoms with Crippen molar-refractivity contribution in [1.29, 1.82) is 0 Å². The van der Waals surface area contributed by atoms with Gasteiger partial charge in [-0.05, 0) is 0 Å². The fourth-order valence-corrected chi connectivity index (χ4v) is 1.66. The van der Waals surface area contributed by atoms with Crippen molar-refractivity contribution in [2.75, 3.05) is 13.2 Å². The van der Waals surface area contributed by atoms with E-state index >= 15 is 0 Å². The molecule has 1 N–H and O–H groups in total. The van der Waals surface area contributed by atoms with Gasteiger partial charge in [-0.1, -0.05) is 0 Å². The molecular formula is C10H9N3O4. The van der Waals surface area contributed by atoms with E-state index in [4.69, 9.17) is 9.47 Å². The molecule has 1 aromatic heterocycles. The minimum atomic E-state index is -0.457. The maximum atomic E-state index is 10.9. The lowest BCUT2D eigenvalue weighted by Crippen LogP contribution is -2.38. The highest BCUT2D eigenvalue weighted by atomic mass is 16.6. The second-order valence-corrected chi connectivity index (χ2v) is 3.81. The summed E-state index contributed by atoms with van der Waals surface area (Å²) in [4.78, 5) is 10.5. The van der Waals surface area contributed by atoms with E-state index in [0.29, 0.717) is 24.1 Å². The first-order valence-corrected chi connectivity index (χ1v) is 5.10. The molecule has 1 fully saturated rings. The zero-order valence-corrected chi connectivity index (χ0v) is 8.75. The standard InChI is InChI=1S/C10H9N3O4/c14-13(15)9-1-6-3-11-12-8(6)2-10(9)17-7-4-16-5-7/h1-3,7H,4-5H2,(H,11,12). The highest BCUT2D eigenvalue weighted by Crippen LogP contribution is 2.32. The summed E-state index contributed by atoms with van der Waals surface area (Å²) >= 11 is 0. The average molecular weight is 235 g/mol. The van der Waals surface area contributed by atoms with Gasteiger partial charge in [0.2, 0.25) is 0 Å². The molecule has 3 rings (SSSR count). The van der Waals surface area contributed by atoms with Crippen LogP contribution < -0.4 is 4.74 Å². The predicted octanol–water partition coefficient (Wildman–Crippen LogP) is 1.25. The Balaban J connectivity index is 2.04. The van der Waals surface area contributed by atoms with E-state index in [-0.39, 0.29) is 17.5 Å². The molecule has 0 bridgehead atoms. The molecule has 7 heteroatoms. The van der Waals surface area contributed by atoms with Gasteiger partial charge in [0.15, 0.2) is 5.75 Å². The molecule has 0 spiro atoms. The van der Waals surface area contributed by atoms with Crippen molar-refractivity contribution in [3.05, 3.63) is 28.4 Å². The molecular weight excluding hydrogens is 226 g/mol. The lowest BCUT2D eigenvalue weighted by molar-refractivity contribution is -0.386.